The van der Waals surface area contributed by atoms with Crippen LogP contribution in [0.5, 0.6) is 5.75 Å². The van der Waals surface area contributed by atoms with E-state index >= 15 is 0 Å². The molecule has 2 rings (SSSR count). The first kappa shape index (κ1) is 17.8. The number of amides is 1. The second-order valence-electron chi connectivity index (χ2n) is 5.40. The quantitative estimate of drug-likeness (QED) is 0.814. The van der Waals surface area contributed by atoms with Gasteiger partial charge in [0.15, 0.2) is 0 Å². The molecule has 0 radical (unpaired) electrons. The molecule has 2 aromatic rings. The first-order valence-corrected chi connectivity index (χ1v) is 7.31. The number of carbonyl (C=O) groups is 1. The molecule has 5 nitrogen and oxygen atoms in total. The number of benzene rings is 1. The van der Waals surface area contributed by atoms with Crippen molar-refractivity contribution in [2.45, 2.75) is 19.0 Å². The summed E-state index contributed by atoms with van der Waals surface area (Å²) in [4.78, 5) is 16.0. The number of hydrogen-bond acceptors (Lipinski definition) is 4. The van der Waals surface area contributed by atoms with Crippen molar-refractivity contribution in [1.29, 1.82) is 0 Å². The van der Waals surface area contributed by atoms with Crippen molar-refractivity contribution in [2.75, 3.05) is 13.2 Å². The van der Waals surface area contributed by atoms with E-state index in [1.807, 2.05) is 6.07 Å². The van der Waals surface area contributed by atoms with E-state index in [1.165, 1.54) is 18.3 Å². The summed E-state index contributed by atoms with van der Waals surface area (Å²) >= 11 is 0. The first-order chi connectivity index (χ1) is 11.4. The maximum absolute atomic E-state index is 12.1. The summed E-state index contributed by atoms with van der Waals surface area (Å²) in [6, 6.07) is 11.6. The first-order valence-electron chi connectivity index (χ1n) is 7.31. The van der Waals surface area contributed by atoms with Gasteiger partial charge in [-0.25, -0.2) is 8.78 Å². The summed E-state index contributed by atoms with van der Waals surface area (Å²) in [6.07, 6.45) is -1.30. The molecular weight excluding hydrogens is 318 g/mol. The largest absolute Gasteiger partial charge is 0.488 e. The average molecular weight is 336 g/mol. The highest BCUT2D eigenvalue weighted by atomic mass is 19.3. The number of alkyl halides is 2. The number of carbonyl (C=O) groups excluding carboxylic acids is 1. The van der Waals surface area contributed by atoms with Crippen molar-refractivity contribution >= 4 is 5.91 Å². The van der Waals surface area contributed by atoms with E-state index in [-0.39, 0.29) is 18.0 Å². The fraction of sp³-hybridized carbons (Fsp3) is 0.294. The summed E-state index contributed by atoms with van der Waals surface area (Å²) in [6.45, 7) is 0.797. The van der Waals surface area contributed by atoms with Gasteiger partial charge in [0.25, 0.3) is 12.3 Å². The van der Waals surface area contributed by atoms with Gasteiger partial charge < -0.3 is 15.2 Å². The normalized spacial score (nSPS) is 13.4. The Balaban J connectivity index is 1.98. The number of hydrogen-bond donors (Lipinski definition) is 2. The lowest BCUT2D eigenvalue weighted by Gasteiger charge is -2.24. The zero-order valence-electron chi connectivity index (χ0n) is 13.1. The van der Waals surface area contributed by atoms with Crippen LogP contribution in [0, 0.1) is 0 Å². The molecule has 1 aromatic heterocycles. The molecule has 0 spiro atoms. The molecule has 0 fully saturated rings. The Morgan fingerprint density at radius 2 is 2.04 bits per heavy atom. The van der Waals surface area contributed by atoms with E-state index in [1.54, 1.807) is 31.2 Å². The SMILES string of the molecule is CC(O)(CNC(=O)c1cc(OCC(F)F)ccn1)c1ccccc1. The fourth-order valence-electron chi connectivity index (χ4n) is 2.03. The predicted molar refractivity (Wildman–Crippen MR) is 84.1 cm³/mol. The van der Waals surface area contributed by atoms with Crippen molar-refractivity contribution in [3.8, 4) is 5.75 Å². The van der Waals surface area contributed by atoms with E-state index in [9.17, 15) is 18.7 Å². The van der Waals surface area contributed by atoms with Gasteiger partial charge in [0.2, 0.25) is 0 Å². The van der Waals surface area contributed by atoms with Gasteiger partial charge in [0.1, 0.15) is 23.7 Å². The maximum Gasteiger partial charge on any atom is 0.272 e. The van der Waals surface area contributed by atoms with Crippen LogP contribution in [-0.2, 0) is 5.60 Å². The Bertz CT molecular complexity index is 679. The molecule has 0 aliphatic carbocycles. The van der Waals surface area contributed by atoms with Gasteiger partial charge in [-0.15, -0.1) is 0 Å². The standard InChI is InChI=1S/C17H18F2N2O3/c1-17(23,12-5-3-2-4-6-12)11-21-16(22)14-9-13(7-8-20-14)24-10-15(18)19/h2-9,15,23H,10-11H2,1H3,(H,21,22). The molecule has 1 unspecified atom stereocenters. The average Bonchev–Trinajstić information content (AvgIpc) is 2.59. The van der Waals surface area contributed by atoms with Crippen molar-refractivity contribution in [3.05, 3.63) is 59.9 Å². The molecule has 0 bridgehead atoms. The fourth-order valence-corrected chi connectivity index (χ4v) is 2.03. The third kappa shape index (κ3) is 4.99. The van der Waals surface area contributed by atoms with Gasteiger partial charge in [-0.3, -0.25) is 9.78 Å². The topological polar surface area (TPSA) is 71.5 Å². The highest BCUT2D eigenvalue weighted by Crippen LogP contribution is 2.19. The Kier molecular flexibility index (Phi) is 5.81. The van der Waals surface area contributed by atoms with Crippen LogP contribution in [-0.4, -0.2) is 35.6 Å². The van der Waals surface area contributed by atoms with Gasteiger partial charge in [0, 0.05) is 12.3 Å². The Labute approximate surface area is 138 Å². The molecule has 0 aliphatic heterocycles. The zero-order chi connectivity index (χ0) is 17.6. The van der Waals surface area contributed by atoms with E-state index < -0.39 is 24.5 Å². The summed E-state index contributed by atoms with van der Waals surface area (Å²) in [5, 5.41) is 13.0. The molecular formula is C17H18F2N2O3. The van der Waals surface area contributed by atoms with E-state index in [4.69, 9.17) is 4.74 Å². The molecule has 1 atom stereocenters. The van der Waals surface area contributed by atoms with Crippen LogP contribution in [0.2, 0.25) is 0 Å². The molecule has 128 valence electrons. The van der Waals surface area contributed by atoms with Crippen LogP contribution in [0.4, 0.5) is 8.78 Å². The number of nitrogens with one attached hydrogen (secondary N) is 1. The number of ether oxygens (including phenoxy) is 1. The van der Waals surface area contributed by atoms with Crippen molar-refractivity contribution in [1.82, 2.24) is 10.3 Å². The van der Waals surface area contributed by atoms with Crippen LogP contribution < -0.4 is 10.1 Å². The van der Waals surface area contributed by atoms with Gasteiger partial charge in [0.05, 0.1) is 6.54 Å². The summed E-state index contributed by atoms with van der Waals surface area (Å²) < 4.78 is 29.1. The minimum Gasteiger partial charge on any atom is -0.488 e. The number of aliphatic hydroxyl groups is 1. The second kappa shape index (κ2) is 7.83. The molecule has 1 aromatic carbocycles. The Morgan fingerprint density at radius 1 is 1.33 bits per heavy atom. The third-order valence-electron chi connectivity index (χ3n) is 3.33. The van der Waals surface area contributed by atoms with E-state index in [0.717, 1.165) is 0 Å². The zero-order valence-corrected chi connectivity index (χ0v) is 13.1. The highest BCUT2D eigenvalue weighted by molar-refractivity contribution is 5.92. The van der Waals surface area contributed by atoms with Gasteiger partial charge >= 0.3 is 0 Å². The van der Waals surface area contributed by atoms with Crippen LogP contribution in [0.15, 0.2) is 48.7 Å². The van der Waals surface area contributed by atoms with Crippen LogP contribution in [0.25, 0.3) is 0 Å². The predicted octanol–water partition coefficient (Wildman–Crippen LogP) is 2.36. The van der Waals surface area contributed by atoms with E-state index in [0.29, 0.717) is 5.56 Å². The lowest BCUT2D eigenvalue weighted by molar-refractivity contribution is 0.0524. The minimum atomic E-state index is -2.60. The second-order valence-corrected chi connectivity index (χ2v) is 5.40. The molecule has 0 aliphatic rings. The molecule has 1 heterocycles. The Morgan fingerprint density at radius 3 is 2.71 bits per heavy atom. The van der Waals surface area contributed by atoms with Gasteiger partial charge in [-0.1, -0.05) is 30.3 Å². The van der Waals surface area contributed by atoms with Crippen LogP contribution in [0.1, 0.15) is 23.0 Å². The number of aromatic nitrogens is 1. The van der Waals surface area contributed by atoms with Crippen LogP contribution in [0.3, 0.4) is 0 Å². The third-order valence-corrected chi connectivity index (χ3v) is 3.33. The summed E-state index contributed by atoms with van der Waals surface area (Å²) in [5.74, 6) is -0.404. The van der Waals surface area contributed by atoms with E-state index in [2.05, 4.69) is 10.3 Å². The highest BCUT2D eigenvalue weighted by Gasteiger charge is 2.24. The van der Waals surface area contributed by atoms with Crippen molar-refractivity contribution in [3.63, 3.8) is 0 Å². The molecule has 24 heavy (non-hydrogen) atoms. The summed E-state index contributed by atoms with van der Waals surface area (Å²) in [7, 11) is 0. The maximum atomic E-state index is 12.1. The van der Waals surface area contributed by atoms with Gasteiger partial charge in [-0.05, 0) is 18.6 Å². The number of rotatable bonds is 7. The lowest BCUT2D eigenvalue weighted by atomic mass is 9.96. The number of pyridine rings is 1. The smallest absolute Gasteiger partial charge is 0.272 e. The number of halogens is 2. The monoisotopic (exact) mass is 336 g/mol. The molecule has 1 amide bonds. The molecule has 2 N–H and O–H groups in total. The van der Waals surface area contributed by atoms with Gasteiger partial charge in [-0.2, -0.15) is 0 Å². The Hall–Kier alpha value is -2.54. The molecule has 0 saturated heterocycles. The summed E-state index contributed by atoms with van der Waals surface area (Å²) in [5.41, 5.74) is -0.571. The molecule has 0 saturated carbocycles. The van der Waals surface area contributed by atoms with Crippen molar-refractivity contribution < 1.29 is 23.4 Å². The molecule has 7 heteroatoms. The van der Waals surface area contributed by atoms with Crippen LogP contribution >= 0.6 is 0 Å². The minimum absolute atomic E-state index is 0.0191. The lowest BCUT2D eigenvalue weighted by Crippen LogP contribution is -2.38. The number of nitrogens with zero attached hydrogens (tertiary/aromatic N) is 1. The van der Waals surface area contributed by atoms with Crippen molar-refractivity contribution in [2.24, 2.45) is 0 Å².